The molecule has 12 heavy (non-hydrogen) atoms. The highest BCUT2D eigenvalue weighted by molar-refractivity contribution is 6.07. The molecule has 4 nitrogen and oxygen atoms in total. The highest BCUT2D eigenvalue weighted by atomic mass is 16.5. The van der Waals surface area contributed by atoms with E-state index in [9.17, 15) is 14.7 Å². The van der Waals surface area contributed by atoms with Crippen molar-refractivity contribution in [1.82, 2.24) is 0 Å². The second-order valence-electron chi connectivity index (χ2n) is 2.98. The number of ketones is 1. The van der Waals surface area contributed by atoms with Gasteiger partial charge in [0.15, 0.2) is 5.78 Å². The first kappa shape index (κ1) is 9.19. The molecule has 0 radical (unpaired) electrons. The minimum atomic E-state index is -1.85. The standard InChI is InChI=1S/C8H12O4/c1-12-7(10)8(11)5-3-2-4-6(8)9/h11H,2-5H2,1H3/t8-/m1/s1. The number of hydrogen-bond donors (Lipinski definition) is 1. The molecule has 1 saturated carbocycles. The fourth-order valence-corrected chi connectivity index (χ4v) is 1.40. The quantitative estimate of drug-likeness (QED) is 0.448. The first-order valence-electron chi connectivity index (χ1n) is 3.95. The van der Waals surface area contributed by atoms with Crippen molar-refractivity contribution in [1.29, 1.82) is 0 Å². The Labute approximate surface area is 70.5 Å². The Hall–Kier alpha value is -0.900. The number of esters is 1. The Morgan fingerprint density at radius 1 is 1.58 bits per heavy atom. The molecule has 1 atom stereocenters. The largest absolute Gasteiger partial charge is 0.467 e. The predicted molar refractivity (Wildman–Crippen MR) is 40.4 cm³/mol. The maximum Gasteiger partial charge on any atom is 0.345 e. The van der Waals surface area contributed by atoms with E-state index >= 15 is 0 Å². The molecule has 0 aromatic rings. The van der Waals surface area contributed by atoms with Crippen LogP contribution in [0.2, 0.25) is 0 Å². The van der Waals surface area contributed by atoms with E-state index in [0.29, 0.717) is 6.42 Å². The van der Waals surface area contributed by atoms with Crippen LogP contribution in [0.4, 0.5) is 0 Å². The van der Waals surface area contributed by atoms with E-state index in [2.05, 4.69) is 4.74 Å². The van der Waals surface area contributed by atoms with Gasteiger partial charge in [-0.2, -0.15) is 0 Å². The van der Waals surface area contributed by atoms with Crippen LogP contribution in [-0.2, 0) is 14.3 Å². The Morgan fingerprint density at radius 2 is 2.25 bits per heavy atom. The van der Waals surface area contributed by atoms with Gasteiger partial charge in [0.05, 0.1) is 7.11 Å². The Balaban J connectivity index is 2.79. The third-order valence-electron chi connectivity index (χ3n) is 2.18. The zero-order valence-corrected chi connectivity index (χ0v) is 7.00. The summed E-state index contributed by atoms with van der Waals surface area (Å²) < 4.78 is 4.35. The molecular formula is C8H12O4. The van der Waals surface area contributed by atoms with Crippen LogP contribution in [0.5, 0.6) is 0 Å². The normalized spacial score (nSPS) is 30.0. The zero-order chi connectivity index (χ0) is 9.19. The molecule has 0 aromatic carbocycles. The predicted octanol–water partition coefficient (Wildman–Crippen LogP) is 0.0336. The summed E-state index contributed by atoms with van der Waals surface area (Å²) in [6, 6.07) is 0. The second-order valence-corrected chi connectivity index (χ2v) is 2.98. The number of methoxy groups -OCH3 is 1. The molecule has 1 fully saturated rings. The van der Waals surface area contributed by atoms with Crippen molar-refractivity contribution in [3.8, 4) is 0 Å². The molecule has 1 aliphatic carbocycles. The summed E-state index contributed by atoms with van der Waals surface area (Å²) in [6.07, 6.45) is 1.90. The lowest BCUT2D eigenvalue weighted by Crippen LogP contribution is -2.49. The lowest BCUT2D eigenvalue weighted by molar-refractivity contribution is -0.170. The molecule has 1 N–H and O–H groups in total. The third kappa shape index (κ3) is 1.34. The van der Waals surface area contributed by atoms with E-state index in [-0.39, 0.29) is 12.8 Å². The highest BCUT2D eigenvalue weighted by Crippen LogP contribution is 2.25. The van der Waals surface area contributed by atoms with Gasteiger partial charge >= 0.3 is 5.97 Å². The van der Waals surface area contributed by atoms with Gasteiger partial charge in [-0.1, -0.05) is 0 Å². The van der Waals surface area contributed by atoms with Crippen LogP contribution in [-0.4, -0.2) is 29.6 Å². The number of hydrogen-bond acceptors (Lipinski definition) is 4. The highest BCUT2D eigenvalue weighted by Gasteiger charge is 2.45. The van der Waals surface area contributed by atoms with Crippen LogP contribution in [0, 0.1) is 0 Å². The van der Waals surface area contributed by atoms with Gasteiger partial charge in [-0.3, -0.25) is 4.79 Å². The summed E-state index contributed by atoms with van der Waals surface area (Å²) in [5.74, 6) is -1.24. The zero-order valence-electron chi connectivity index (χ0n) is 7.00. The number of carbonyl (C=O) groups excluding carboxylic acids is 2. The van der Waals surface area contributed by atoms with Gasteiger partial charge in [0, 0.05) is 6.42 Å². The Morgan fingerprint density at radius 3 is 2.75 bits per heavy atom. The molecule has 0 amide bonds. The summed E-state index contributed by atoms with van der Waals surface area (Å²) in [5, 5.41) is 9.58. The molecule has 0 spiro atoms. The molecule has 1 aliphatic rings. The lowest BCUT2D eigenvalue weighted by Gasteiger charge is -2.27. The molecule has 0 bridgehead atoms. The van der Waals surface area contributed by atoms with E-state index in [4.69, 9.17) is 0 Å². The summed E-state index contributed by atoms with van der Waals surface area (Å²) in [6.45, 7) is 0. The molecule has 0 saturated heterocycles. The van der Waals surface area contributed by atoms with E-state index in [1.165, 1.54) is 7.11 Å². The summed E-state index contributed by atoms with van der Waals surface area (Å²) in [7, 11) is 1.17. The first-order chi connectivity index (χ1) is 5.61. The van der Waals surface area contributed by atoms with Gasteiger partial charge < -0.3 is 9.84 Å². The van der Waals surface area contributed by atoms with Crippen LogP contribution in [0.25, 0.3) is 0 Å². The molecule has 0 aromatic heterocycles. The van der Waals surface area contributed by atoms with Crippen LogP contribution in [0.15, 0.2) is 0 Å². The van der Waals surface area contributed by atoms with Crippen LogP contribution >= 0.6 is 0 Å². The van der Waals surface area contributed by atoms with Crippen LogP contribution < -0.4 is 0 Å². The molecule has 0 heterocycles. The van der Waals surface area contributed by atoms with Gasteiger partial charge in [-0.25, -0.2) is 4.79 Å². The maximum atomic E-state index is 11.2. The number of Topliss-reactive ketones (excluding diaryl/α,β-unsaturated/α-hetero) is 1. The van der Waals surface area contributed by atoms with Crippen molar-refractivity contribution in [3.63, 3.8) is 0 Å². The molecule has 4 heteroatoms. The minimum Gasteiger partial charge on any atom is -0.467 e. The van der Waals surface area contributed by atoms with Gasteiger partial charge in [0.1, 0.15) is 0 Å². The summed E-state index contributed by atoms with van der Waals surface area (Å²) in [4.78, 5) is 22.2. The Bertz CT molecular complexity index is 201. The maximum absolute atomic E-state index is 11.2. The van der Waals surface area contributed by atoms with Crippen molar-refractivity contribution >= 4 is 11.8 Å². The topological polar surface area (TPSA) is 63.6 Å². The fourth-order valence-electron chi connectivity index (χ4n) is 1.40. The van der Waals surface area contributed by atoms with Crippen molar-refractivity contribution < 1.29 is 19.4 Å². The van der Waals surface area contributed by atoms with Crippen molar-refractivity contribution in [3.05, 3.63) is 0 Å². The minimum absolute atomic E-state index is 0.193. The van der Waals surface area contributed by atoms with Crippen molar-refractivity contribution in [2.75, 3.05) is 7.11 Å². The number of rotatable bonds is 1. The van der Waals surface area contributed by atoms with E-state index in [0.717, 1.165) is 6.42 Å². The lowest BCUT2D eigenvalue weighted by atomic mass is 9.84. The Kier molecular flexibility index (Phi) is 2.47. The fraction of sp³-hybridized carbons (Fsp3) is 0.750. The van der Waals surface area contributed by atoms with E-state index in [1.54, 1.807) is 0 Å². The molecule has 0 unspecified atom stereocenters. The van der Waals surface area contributed by atoms with Crippen molar-refractivity contribution in [2.45, 2.75) is 31.3 Å². The van der Waals surface area contributed by atoms with Gasteiger partial charge in [0.25, 0.3) is 0 Å². The smallest absolute Gasteiger partial charge is 0.345 e. The van der Waals surface area contributed by atoms with Gasteiger partial charge in [0.2, 0.25) is 5.60 Å². The average Bonchev–Trinajstić information content (AvgIpc) is 2.09. The van der Waals surface area contributed by atoms with E-state index in [1.807, 2.05) is 0 Å². The summed E-state index contributed by atoms with van der Waals surface area (Å²) in [5.41, 5.74) is -1.85. The number of aliphatic hydroxyl groups is 1. The van der Waals surface area contributed by atoms with Gasteiger partial charge in [-0.05, 0) is 19.3 Å². The van der Waals surface area contributed by atoms with Crippen molar-refractivity contribution in [2.24, 2.45) is 0 Å². The third-order valence-corrected chi connectivity index (χ3v) is 2.18. The van der Waals surface area contributed by atoms with Gasteiger partial charge in [-0.15, -0.1) is 0 Å². The summed E-state index contributed by atoms with van der Waals surface area (Å²) >= 11 is 0. The number of carbonyl (C=O) groups is 2. The molecule has 68 valence electrons. The second kappa shape index (κ2) is 3.23. The SMILES string of the molecule is COC(=O)[C@@]1(O)CCCCC1=O. The average molecular weight is 172 g/mol. The number of ether oxygens (including phenoxy) is 1. The van der Waals surface area contributed by atoms with E-state index < -0.39 is 17.4 Å². The first-order valence-corrected chi connectivity index (χ1v) is 3.95. The monoisotopic (exact) mass is 172 g/mol. The molecule has 1 rings (SSSR count). The molecule has 0 aliphatic heterocycles. The molecular weight excluding hydrogens is 160 g/mol. The van der Waals surface area contributed by atoms with Crippen LogP contribution in [0.3, 0.4) is 0 Å². The van der Waals surface area contributed by atoms with Crippen LogP contribution in [0.1, 0.15) is 25.7 Å².